The molecule has 3 aliphatic rings. The number of halogens is 1. The summed E-state index contributed by atoms with van der Waals surface area (Å²) in [6.45, 7) is 0.997. The highest BCUT2D eigenvalue weighted by Crippen LogP contribution is 2.56. The van der Waals surface area contributed by atoms with Crippen molar-refractivity contribution in [3.05, 3.63) is 65.0 Å². The molecule has 0 radical (unpaired) electrons. The van der Waals surface area contributed by atoms with Crippen molar-refractivity contribution in [3.63, 3.8) is 0 Å². The van der Waals surface area contributed by atoms with Crippen LogP contribution in [0.2, 0.25) is 0 Å². The van der Waals surface area contributed by atoms with E-state index in [9.17, 15) is 9.18 Å². The minimum atomic E-state index is -0.172. The number of para-hydroxylation sites is 1. The molecular weight excluding hydrogens is 341 g/mol. The van der Waals surface area contributed by atoms with Gasteiger partial charge in [-0.2, -0.15) is 0 Å². The lowest BCUT2D eigenvalue weighted by atomic mass is 10.0. The number of nitrogens with one attached hydrogen (secondary N) is 2. The van der Waals surface area contributed by atoms with Gasteiger partial charge in [0.15, 0.2) is 0 Å². The van der Waals surface area contributed by atoms with Crippen molar-refractivity contribution in [2.24, 2.45) is 5.92 Å². The third-order valence-corrected chi connectivity index (χ3v) is 6.40. The molecule has 0 saturated heterocycles. The van der Waals surface area contributed by atoms with Gasteiger partial charge in [-0.1, -0.05) is 24.3 Å². The average Bonchev–Trinajstić information content (AvgIpc) is 3.21. The number of benzene rings is 2. The summed E-state index contributed by atoms with van der Waals surface area (Å²) in [5.74, 6) is 0.591. The second-order valence-electron chi connectivity index (χ2n) is 8.06. The Morgan fingerprint density at radius 3 is 2.89 bits per heavy atom. The zero-order valence-electron chi connectivity index (χ0n) is 15.4. The maximum Gasteiger partial charge on any atom is 0.315 e. The van der Waals surface area contributed by atoms with E-state index in [4.69, 9.17) is 0 Å². The van der Waals surface area contributed by atoms with Gasteiger partial charge in [0.25, 0.3) is 0 Å². The van der Waals surface area contributed by atoms with Gasteiger partial charge in [0.1, 0.15) is 5.82 Å². The molecule has 1 saturated carbocycles. The first-order valence-electron chi connectivity index (χ1n) is 9.77. The minimum Gasteiger partial charge on any atom is -0.374 e. The topological polar surface area (TPSA) is 44.4 Å². The van der Waals surface area contributed by atoms with Crippen LogP contribution in [0.1, 0.15) is 41.5 Å². The summed E-state index contributed by atoms with van der Waals surface area (Å²) in [5.41, 5.74) is 4.68. The van der Waals surface area contributed by atoms with Crippen LogP contribution in [0.4, 0.5) is 14.9 Å². The summed E-state index contributed by atoms with van der Waals surface area (Å²) >= 11 is 0. The van der Waals surface area contributed by atoms with Crippen molar-refractivity contribution in [2.45, 2.75) is 37.3 Å². The van der Waals surface area contributed by atoms with Gasteiger partial charge in [0, 0.05) is 31.2 Å². The van der Waals surface area contributed by atoms with E-state index in [0.717, 1.165) is 31.4 Å². The first kappa shape index (κ1) is 16.6. The molecule has 5 rings (SSSR count). The monoisotopic (exact) mass is 365 g/mol. The van der Waals surface area contributed by atoms with Crippen LogP contribution in [0.5, 0.6) is 0 Å². The molecule has 4 nitrogen and oxygen atoms in total. The Bertz CT molecular complexity index is 899. The fourth-order valence-electron chi connectivity index (χ4n) is 5.02. The molecule has 1 aliphatic heterocycles. The van der Waals surface area contributed by atoms with Crippen molar-refractivity contribution in [3.8, 4) is 0 Å². The molecular formula is C22H24FN3O. The van der Waals surface area contributed by atoms with Crippen LogP contribution in [-0.2, 0) is 6.42 Å². The van der Waals surface area contributed by atoms with Gasteiger partial charge in [-0.25, -0.2) is 9.18 Å². The van der Waals surface area contributed by atoms with E-state index in [1.165, 1.54) is 22.9 Å². The standard InChI is InChI=1S/C22H24FN3O/c1-26-10-4-6-18(16-5-2-3-7-19(16)26)24-22(27)25-21-17-12-13-11-14(23)8-9-15(13)20(17)21/h2-3,5,7-9,11,17-18,20-21H,4,6,10,12H2,1H3,(H2,24,25,27). The number of nitrogens with zero attached hydrogens (tertiary/aromatic N) is 1. The second-order valence-corrected chi connectivity index (χ2v) is 8.06. The predicted molar refractivity (Wildman–Crippen MR) is 103 cm³/mol. The highest BCUT2D eigenvalue weighted by molar-refractivity contribution is 5.76. The molecule has 0 aromatic heterocycles. The van der Waals surface area contributed by atoms with Crippen LogP contribution in [0.15, 0.2) is 42.5 Å². The zero-order chi connectivity index (χ0) is 18.5. The maximum atomic E-state index is 13.4. The fourth-order valence-corrected chi connectivity index (χ4v) is 5.02. The highest BCUT2D eigenvalue weighted by Gasteiger charge is 2.56. The number of anilines is 1. The number of carbonyl (C=O) groups excluding carboxylic acids is 1. The Kier molecular flexibility index (Phi) is 3.85. The molecule has 0 spiro atoms. The van der Waals surface area contributed by atoms with Gasteiger partial charge in [-0.05, 0) is 60.1 Å². The van der Waals surface area contributed by atoms with E-state index in [-0.39, 0.29) is 23.9 Å². The van der Waals surface area contributed by atoms with E-state index in [2.05, 4.69) is 34.7 Å². The molecule has 2 N–H and O–H groups in total. The number of amides is 2. The van der Waals surface area contributed by atoms with E-state index in [1.54, 1.807) is 6.07 Å². The van der Waals surface area contributed by atoms with Gasteiger partial charge < -0.3 is 15.5 Å². The van der Waals surface area contributed by atoms with Crippen LogP contribution in [-0.4, -0.2) is 25.7 Å². The third kappa shape index (κ3) is 2.85. The summed E-state index contributed by atoms with van der Waals surface area (Å²) in [6, 6.07) is 13.5. The SMILES string of the molecule is CN1CCCC(NC(=O)NC2C3Cc4cc(F)ccc4C32)c2ccccc21. The molecule has 2 aromatic carbocycles. The minimum absolute atomic E-state index is 0.0334. The number of hydrogen-bond donors (Lipinski definition) is 2. The summed E-state index contributed by atoms with van der Waals surface area (Å²) < 4.78 is 13.4. The Morgan fingerprint density at radius 2 is 2.00 bits per heavy atom. The Hall–Kier alpha value is -2.56. The van der Waals surface area contributed by atoms with Crippen LogP contribution in [0, 0.1) is 11.7 Å². The van der Waals surface area contributed by atoms with Crippen molar-refractivity contribution < 1.29 is 9.18 Å². The molecule has 0 bridgehead atoms. The third-order valence-electron chi connectivity index (χ3n) is 6.40. The lowest BCUT2D eigenvalue weighted by Gasteiger charge is -2.22. The first-order chi connectivity index (χ1) is 13.1. The van der Waals surface area contributed by atoms with Gasteiger partial charge >= 0.3 is 6.03 Å². The Morgan fingerprint density at radius 1 is 1.15 bits per heavy atom. The Labute approximate surface area is 158 Å². The molecule has 2 amide bonds. The summed E-state index contributed by atoms with van der Waals surface area (Å²) in [6.07, 6.45) is 2.85. The first-order valence-corrected chi connectivity index (χ1v) is 9.77. The molecule has 1 heterocycles. The van der Waals surface area contributed by atoms with Crippen LogP contribution in [0.25, 0.3) is 0 Å². The van der Waals surface area contributed by atoms with E-state index >= 15 is 0 Å². The predicted octanol–water partition coefficient (Wildman–Crippen LogP) is 3.73. The highest BCUT2D eigenvalue weighted by atomic mass is 19.1. The smallest absolute Gasteiger partial charge is 0.315 e. The number of hydrogen-bond acceptors (Lipinski definition) is 2. The number of carbonyl (C=O) groups is 1. The van der Waals surface area contributed by atoms with Crippen LogP contribution < -0.4 is 15.5 Å². The van der Waals surface area contributed by atoms with Gasteiger partial charge in [-0.3, -0.25) is 0 Å². The molecule has 2 aliphatic carbocycles. The molecule has 4 unspecified atom stereocenters. The lowest BCUT2D eigenvalue weighted by Crippen LogP contribution is -2.40. The second kappa shape index (κ2) is 6.25. The summed E-state index contributed by atoms with van der Waals surface area (Å²) in [7, 11) is 2.10. The molecule has 5 heteroatoms. The summed E-state index contributed by atoms with van der Waals surface area (Å²) in [4.78, 5) is 14.9. The maximum absolute atomic E-state index is 13.4. The lowest BCUT2D eigenvalue weighted by molar-refractivity contribution is 0.235. The van der Waals surface area contributed by atoms with E-state index < -0.39 is 0 Å². The molecule has 27 heavy (non-hydrogen) atoms. The number of rotatable bonds is 2. The van der Waals surface area contributed by atoms with Crippen molar-refractivity contribution in [1.29, 1.82) is 0 Å². The zero-order valence-corrected chi connectivity index (χ0v) is 15.4. The number of fused-ring (bicyclic) bond motifs is 4. The molecule has 140 valence electrons. The van der Waals surface area contributed by atoms with E-state index in [0.29, 0.717) is 11.8 Å². The summed E-state index contributed by atoms with van der Waals surface area (Å²) in [5, 5.41) is 6.36. The van der Waals surface area contributed by atoms with Gasteiger partial charge in [0.05, 0.1) is 6.04 Å². The fraction of sp³-hybridized carbons (Fsp3) is 0.409. The van der Waals surface area contributed by atoms with Crippen LogP contribution in [0.3, 0.4) is 0 Å². The van der Waals surface area contributed by atoms with Crippen molar-refractivity contribution in [2.75, 3.05) is 18.5 Å². The average molecular weight is 365 g/mol. The normalized spacial score (nSPS) is 27.9. The van der Waals surface area contributed by atoms with Crippen LogP contribution >= 0.6 is 0 Å². The number of urea groups is 1. The van der Waals surface area contributed by atoms with Gasteiger partial charge in [-0.15, -0.1) is 0 Å². The molecule has 4 atom stereocenters. The Balaban J connectivity index is 1.26. The quantitative estimate of drug-likeness (QED) is 0.852. The molecule has 1 fully saturated rings. The van der Waals surface area contributed by atoms with Crippen molar-refractivity contribution in [1.82, 2.24) is 10.6 Å². The van der Waals surface area contributed by atoms with E-state index in [1.807, 2.05) is 18.2 Å². The van der Waals surface area contributed by atoms with Crippen molar-refractivity contribution >= 4 is 11.7 Å². The largest absolute Gasteiger partial charge is 0.374 e. The molecule has 2 aromatic rings. The van der Waals surface area contributed by atoms with Gasteiger partial charge in [0.2, 0.25) is 0 Å².